The number of ketones is 1. The Balaban J connectivity index is 2.28. The molecular formula is C23H26O6. The number of rotatable bonds is 4. The van der Waals surface area contributed by atoms with E-state index in [0.29, 0.717) is 24.0 Å². The van der Waals surface area contributed by atoms with Crippen LogP contribution in [0.3, 0.4) is 0 Å². The predicted molar refractivity (Wildman–Crippen MR) is 110 cm³/mol. The second kappa shape index (κ2) is 7.70. The molecule has 6 nitrogen and oxygen atoms in total. The SMILES string of the molecule is CC(C)=CCc1c(O)c(O)c2c(c1CC=C(C)C)C(=O)[C@@H]1C(O)=CC=C(O)[C@@H]1O2. The predicted octanol–water partition coefficient (Wildman–Crippen LogP) is 4.57. The van der Waals surface area contributed by atoms with Gasteiger partial charge in [-0.25, -0.2) is 0 Å². The number of aliphatic hydroxyl groups excluding tert-OH is 2. The van der Waals surface area contributed by atoms with Crippen LogP contribution in [0.1, 0.15) is 49.2 Å². The lowest BCUT2D eigenvalue weighted by atomic mass is 9.80. The number of phenols is 2. The fourth-order valence-corrected chi connectivity index (χ4v) is 3.61. The van der Waals surface area contributed by atoms with Crippen molar-refractivity contribution in [2.45, 2.75) is 46.6 Å². The van der Waals surface area contributed by atoms with Gasteiger partial charge in [0.25, 0.3) is 0 Å². The highest BCUT2D eigenvalue weighted by atomic mass is 16.5. The number of carbonyl (C=O) groups excluding carboxylic acids is 1. The van der Waals surface area contributed by atoms with Crippen molar-refractivity contribution < 1.29 is 30.0 Å². The van der Waals surface area contributed by atoms with Crippen molar-refractivity contribution in [2.75, 3.05) is 0 Å². The van der Waals surface area contributed by atoms with Crippen LogP contribution in [-0.2, 0) is 12.8 Å². The molecule has 2 atom stereocenters. The number of benzene rings is 1. The van der Waals surface area contributed by atoms with Crippen molar-refractivity contribution in [1.82, 2.24) is 0 Å². The van der Waals surface area contributed by atoms with Crippen LogP contribution in [0.4, 0.5) is 0 Å². The van der Waals surface area contributed by atoms with Crippen LogP contribution in [0.5, 0.6) is 17.2 Å². The Hall–Kier alpha value is -3.15. The zero-order valence-electron chi connectivity index (χ0n) is 17.0. The van der Waals surface area contributed by atoms with Gasteiger partial charge in [-0.2, -0.15) is 0 Å². The molecule has 0 fully saturated rings. The first-order valence-corrected chi connectivity index (χ1v) is 9.50. The number of fused-ring (bicyclic) bond motifs is 2. The van der Waals surface area contributed by atoms with E-state index in [-0.39, 0.29) is 28.6 Å². The van der Waals surface area contributed by atoms with Gasteiger partial charge in [-0.15, -0.1) is 0 Å². The third-order valence-corrected chi connectivity index (χ3v) is 5.16. The second-order valence-electron chi connectivity index (χ2n) is 7.89. The van der Waals surface area contributed by atoms with E-state index >= 15 is 0 Å². The van der Waals surface area contributed by atoms with Crippen molar-refractivity contribution in [3.8, 4) is 17.2 Å². The Bertz CT molecular complexity index is 985. The molecule has 6 heteroatoms. The summed E-state index contributed by atoms with van der Waals surface area (Å²) in [5, 5.41) is 41.7. The summed E-state index contributed by atoms with van der Waals surface area (Å²) in [6.45, 7) is 7.69. The summed E-state index contributed by atoms with van der Waals surface area (Å²) < 4.78 is 5.74. The number of hydrogen-bond donors (Lipinski definition) is 4. The van der Waals surface area contributed by atoms with E-state index in [0.717, 1.165) is 11.1 Å². The smallest absolute Gasteiger partial charge is 0.201 e. The lowest BCUT2D eigenvalue weighted by Gasteiger charge is -2.35. The molecule has 0 aromatic heterocycles. The van der Waals surface area contributed by atoms with Gasteiger partial charge in [-0.1, -0.05) is 23.3 Å². The van der Waals surface area contributed by atoms with E-state index in [1.165, 1.54) is 12.2 Å². The number of carbonyl (C=O) groups is 1. The van der Waals surface area contributed by atoms with Crippen LogP contribution in [0, 0.1) is 5.92 Å². The Kier molecular flexibility index (Phi) is 5.46. The first kappa shape index (κ1) is 20.6. The summed E-state index contributed by atoms with van der Waals surface area (Å²) in [5.74, 6) is -3.05. The quantitative estimate of drug-likeness (QED) is 0.437. The average molecular weight is 398 g/mol. The maximum absolute atomic E-state index is 13.4. The molecule has 0 spiro atoms. The van der Waals surface area contributed by atoms with Crippen LogP contribution in [-0.4, -0.2) is 32.3 Å². The Morgan fingerprint density at radius 3 is 2.03 bits per heavy atom. The largest absolute Gasteiger partial charge is 0.511 e. The summed E-state index contributed by atoms with van der Waals surface area (Å²) in [6, 6.07) is 0. The standard InChI is InChI=1S/C23H26O6/c1-11(2)5-7-13-14(8-6-12(3)4)19(26)21(28)23-17(13)20(27)18-15(24)9-10-16(25)22(18)29-23/h5-6,9-10,18,22,24-26,28H,7-8H2,1-4H3/t18-,22-/m0/s1. The molecule has 154 valence electrons. The third-order valence-electron chi connectivity index (χ3n) is 5.16. The van der Waals surface area contributed by atoms with E-state index in [1.54, 1.807) is 0 Å². The zero-order valence-corrected chi connectivity index (χ0v) is 17.0. The first-order valence-electron chi connectivity index (χ1n) is 9.50. The second-order valence-corrected chi connectivity index (χ2v) is 7.89. The minimum absolute atomic E-state index is 0.130. The minimum Gasteiger partial charge on any atom is -0.511 e. The lowest BCUT2D eigenvalue weighted by Crippen LogP contribution is -2.42. The van der Waals surface area contributed by atoms with E-state index in [2.05, 4.69) is 0 Å². The molecule has 1 aromatic rings. The highest BCUT2D eigenvalue weighted by Gasteiger charge is 2.46. The molecule has 0 saturated heterocycles. The van der Waals surface area contributed by atoms with Crippen molar-refractivity contribution in [1.29, 1.82) is 0 Å². The Morgan fingerprint density at radius 2 is 1.45 bits per heavy atom. The van der Waals surface area contributed by atoms with Gasteiger partial charge in [0.15, 0.2) is 23.4 Å². The number of Topliss-reactive ketones (excluding diaryl/α,β-unsaturated/α-hetero) is 1. The van der Waals surface area contributed by atoms with E-state index in [9.17, 15) is 25.2 Å². The summed E-state index contributed by atoms with van der Waals surface area (Å²) in [4.78, 5) is 13.4. The molecular weight excluding hydrogens is 372 g/mol. The summed E-state index contributed by atoms with van der Waals surface area (Å²) in [7, 11) is 0. The minimum atomic E-state index is -1.15. The van der Waals surface area contributed by atoms with Crippen LogP contribution in [0.15, 0.2) is 47.0 Å². The highest BCUT2D eigenvalue weighted by Crippen LogP contribution is 2.50. The van der Waals surface area contributed by atoms with Crippen molar-refractivity contribution in [2.24, 2.45) is 5.92 Å². The number of ether oxygens (including phenoxy) is 1. The highest BCUT2D eigenvalue weighted by molar-refractivity contribution is 6.06. The van der Waals surface area contributed by atoms with Gasteiger partial charge in [-0.3, -0.25) is 4.79 Å². The molecule has 1 aromatic carbocycles. The molecule has 0 saturated carbocycles. The van der Waals surface area contributed by atoms with Gasteiger partial charge in [0.2, 0.25) is 5.75 Å². The molecule has 1 aliphatic heterocycles. The molecule has 3 rings (SSSR count). The number of allylic oxidation sites excluding steroid dienone is 6. The monoisotopic (exact) mass is 398 g/mol. The molecule has 4 N–H and O–H groups in total. The topological polar surface area (TPSA) is 107 Å². The van der Waals surface area contributed by atoms with E-state index < -0.39 is 23.6 Å². The van der Waals surface area contributed by atoms with Gasteiger partial charge in [0.05, 0.1) is 5.56 Å². The Morgan fingerprint density at radius 1 is 0.897 bits per heavy atom. The fourth-order valence-electron chi connectivity index (χ4n) is 3.61. The van der Waals surface area contributed by atoms with Crippen molar-refractivity contribution >= 4 is 5.78 Å². The number of hydrogen-bond acceptors (Lipinski definition) is 6. The van der Waals surface area contributed by atoms with E-state index in [4.69, 9.17) is 4.74 Å². The molecule has 0 bridgehead atoms. The van der Waals surface area contributed by atoms with Gasteiger partial charge >= 0.3 is 0 Å². The molecule has 0 radical (unpaired) electrons. The number of aromatic hydroxyl groups is 2. The van der Waals surface area contributed by atoms with Crippen LogP contribution >= 0.6 is 0 Å². The number of phenolic OH excluding ortho intramolecular Hbond substituents is 2. The lowest BCUT2D eigenvalue weighted by molar-refractivity contribution is 0.0592. The molecule has 0 amide bonds. The molecule has 0 unspecified atom stereocenters. The first-order chi connectivity index (χ1) is 13.6. The summed E-state index contributed by atoms with van der Waals surface area (Å²) in [6.07, 6.45) is 5.87. The normalized spacial score (nSPS) is 19.9. The maximum Gasteiger partial charge on any atom is 0.201 e. The van der Waals surface area contributed by atoms with Gasteiger partial charge < -0.3 is 25.2 Å². The Labute approximate surface area is 169 Å². The maximum atomic E-state index is 13.4. The molecule has 1 aliphatic carbocycles. The van der Waals surface area contributed by atoms with Gasteiger partial charge in [0.1, 0.15) is 17.4 Å². The summed E-state index contributed by atoms with van der Waals surface area (Å²) >= 11 is 0. The zero-order chi connectivity index (χ0) is 21.5. The molecule has 2 aliphatic rings. The van der Waals surface area contributed by atoms with Crippen LogP contribution < -0.4 is 4.74 Å². The number of aliphatic hydroxyl groups is 2. The van der Waals surface area contributed by atoms with E-state index in [1.807, 2.05) is 39.8 Å². The third kappa shape index (κ3) is 3.62. The van der Waals surface area contributed by atoms with Crippen LogP contribution in [0.2, 0.25) is 0 Å². The van der Waals surface area contributed by atoms with Gasteiger partial charge in [-0.05, 0) is 58.3 Å². The van der Waals surface area contributed by atoms with Crippen molar-refractivity contribution in [3.63, 3.8) is 0 Å². The van der Waals surface area contributed by atoms with Crippen LogP contribution in [0.25, 0.3) is 0 Å². The fraction of sp³-hybridized carbons (Fsp3) is 0.348. The molecule has 1 heterocycles. The molecule has 29 heavy (non-hydrogen) atoms. The van der Waals surface area contributed by atoms with Crippen molar-refractivity contribution in [3.05, 3.63) is 63.7 Å². The summed E-state index contributed by atoms with van der Waals surface area (Å²) in [5.41, 5.74) is 3.17. The van der Waals surface area contributed by atoms with Gasteiger partial charge in [0, 0.05) is 5.56 Å². The average Bonchev–Trinajstić information content (AvgIpc) is 2.65.